The number of nitrogens with zero attached hydrogens (tertiary/aromatic N) is 5. The number of guanidine groups is 1. The topological polar surface area (TPSA) is 58.3 Å². The number of nitrogens with one attached hydrogen (secondary N) is 1. The number of rotatable bonds is 3. The first kappa shape index (κ1) is 17.1. The molecule has 26 heavy (non-hydrogen) atoms. The van der Waals surface area contributed by atoms with Gasteiger partial charge in [-0.1, -0.05) is 37.5 Å². The minimum absolute atomic E-state index is 0.528. The van der Waals surface area contributed by atoms with Crippen molar-refractivity contribution in [1.82, 2.24) is 25.0 Å². The fourth-order valence-corrected chi connectivity index (χ4v) is 4.50. The maximum atomic E-state index is 4.52. The summed E-state index contributed by atoms with van der Waals surface area (Å²) in [5.74, 6) is 1.87. The summed E-state index contributed by atoms with van der Waals surface area (Å²) in [5, 5.41) is 11.9. The maximum Gasteiger partial charge on any atom is 0.194 e. The van der Waals surface area contributed by atoms with Crippen LogP contribution >= 0.6 is 0 Å². The smallest absolute Gasteiger partial charge is 0.194 e. The molecule has 1 spiro atoms. The van der Waals surface area contributed by atoms with Gasteiger partial charge in [-0.05, 0) is 36.8 Å². The molecule has 1 aliphatic carbocycles. The summed E-state index contributed by atoms with van der Waals surface area (Å²) < 4.78 is 2.02. The predicted octanol–water partition coefficient (Wildman–Crippen LogP) is 3.00. The van der Waals surface area contributed by atoms with Gasteiger partial charge >= 0.3 is 0 Å². The molecule has 2 fully saturated rings. The summed E-state index contributed by atoms with van der Waals surface area (Å²) in [6.07, 6.45) is 10.0. The monoisotopic (exact) mass is 352 g/mol. The van der Waals surface area contributed by atoms with Crippen LogP contribution in [0.5, 0.6) is 0 Å². The number of hydrogen-bond donors (Lipinski definition) is 1. The molecule has 2 aliphatic rings. The van der Waals surface area contributed by atoms with E-state index in [0.717, 1.165) is 30.6 Å². The molecule has 1 aromatic carbocycles. The lowest BCUT2D eigenvalue weighted by Crippen LogP contribution is -2.41. The van der Waals surface area contributed by atoms with Crippen LogP contribution in [0, 0.1) is 5.41 Å². The van der Waals surface area contributed by atoms with E-state index in [1.807, 2.05) is 29.8 Å². The second kappa shape index (κ2) is 7.48. The SMILES string of the molecule is CN=C(NCc1nncn1-c1ccccc1)N1CCC2(CCCCC2)C1. The molecule has 2 aromatic rings. The number of likely N-dealkylation sites (tertiary alicyclic amines) is 1. The molecule has 0 unspecified atom stereocenters. The fraction of sp³-hybridized carbons (Fsp3) is 0.550. The summed E-state index contributed by atoms with van der Waals surface area (Å²) in [7, 11) is 1.87. The lowest BCUT2D eigenvalue weighted by atomic mass is 9.73. The second-order valence-corrected chi connectivity index (χ2v) is 7.59. The Morgan fingerprint density at radius 1 is 1.15 bits per heavy atom. The third-order valence-electron chi connectivity index (χ3n) is 5.92. The minimum atomic E-state index is 0.528. The Kier molecular flexibility index (Phi) is 4.91. The van der Waals surface area contributed by atoms with Gasteiger partial charge in [0.1, 0.15) is 6.33 Å². The van der Waals surface area contributed by atoms with E-state index >= 15 is 0 Å². The van der Waals surface area contributed by atoms with Crippen LogP contribution in [-0.4, -0.2) is 45.8 Å². The summed E-state index contributed by atoms with van der Waals surface area (Å²) >= 11 is 0. The number of para-hydroxylation sites is 1. The number of aliphatic imine (C=N–C) groups is 1. The van der Waals surface area contributed by atoms with Gasteiger partial charge in [-0.25, -0.2) is 0 Å². The van der Waals surface area contributed by atoms with Gasteiger partial charge in [-0.3, -0.25) is 9.56 Å². The molecular weight excluding hydrogens is 324 g/mol. The van der Waals surface area contributed by atoms with Crippen molar-refractivity contribution in [3.63, 3.8) is 0 Å². The fourth-order valence-electron chi connectivity index (χ4n) is 4.50. The van der Waals surface area contributed by atoms with Crippen LogP contribution in [-0.2, 0) is 6.54 Å². The molecule has 4 rings (SSSR count). The van der Waals surface area contributed by atoms with Crippen LogP contribution in [0.25, 0.3) is 5.69 Å². The molecule has 0 amide bonds. The number of hydrogen-bond acceptors (Lipinski definition) is 3. The first-order chi connectivity index (χ1) is 12.8. The van der Waals surface area contributed by atoms with E-state index in [2.05, 4.69) is 37.5 Å². The van der Waals surface area contributed by atoms with Crippen molar-refractivity contribution in [1.29, 1.82) is 0 Å². The van der Waals surface area contributed by atoms with E-state index < -0.39 is 0 Å². The molecule has 1 aromatic heterocycles. The van der Waals surface area contributed by atoms with Crippen LogP contribution in [0.1, 0.15) is 44.3 Å². The summed E-state index contributed by atoms with van der Waals surface area (Å²) in [6.45, 7) is 2.86. The summed E-state index contributed by atoms with van der Waals surface area (Å²) in [5.41, 5.74) is 1.60. The largest absolute Gasteiger partial charge is 0.349 e. The van der Waals surface area contributed by atoms with Crippen molar-refractivity contribution >= 4 is 5.96 Å². The average Bonchev–Trinajstić information content (AvgIpc) is 3.32. The van der Waals surface area contributed by atoms with Gasteiger partial charge in [-0.15, -0.1) is 10.2 Å². The molecule has 0 bridgehead atoms. The van der Waals surface area contributed by atoms with Gasteiger partial charge in [0.2, 0.25) is 0 Å². The van der Waals surface area contributed by atoms with E-state index in [0.29, 0.717) is 12.0 Å². The Bertz CT molecular complexity index is 745. The van der Waals surface area contributed by atoms with E-state index in [-0.39, 0.29) is 0 Å². The van der Waals surface area contributed by atoms with Crippen molar-refractivity contribution in [3.05, 3.63) is 42.5 Å². The Labute approximate surface area is 155 Å². The van der Waals surface area contributed by atoms with Crippen molar-refractivity contribution in [2.24, 2.45) is 10.4 Å². The highest BCUT2D eigenvalue weighted by atomic mass is 15.3. The minimum Gasteiger partial charge on any atom is -0.349 e. The Balaban J connectivity index is 1.41. The number of aromatic nitrogens is 3. The molecule has 6 heteroatoms. The first-order valence-electron chi connectivity index (χ1n) is 9.70. The normalized spacial score (nSPS) is 19.9. The predicted molar refractivity (Wildman–Crippen MR) is 103 cm³/mol. The summed E-state index contributed by atoms with van der Waals surface area (Å²) in [4.78, 5) is 6.95. The molecule has 0 radical (unpaired) electrons. The van der Waals surface area contributed by atoms with Gasteiger partial charge in [-0.2, -0.15) is 0 Å². The highest BCUT2D eigenvalue weighted by Gasteiger charge is 2.39. The van der Waals surface area contributed by atoms with Gasteiger partial charge < -0.3 is 10.2 Å². The van der Waals surface area contributed by atoms with Crippen LogP contribution in [0.3, 0.4) is 0 Å². The molecule has 6 nitrogen and oxygen atoms in total. The zero-order valence-electron chi connectivity index (χ0n) is 15.6. The van der Waals surface area contributed by atoms with Crippen molar-refractivity contribution < 1.29 is 0 Å². The Morgan fingerprint density at radius 3 is 2.73 bits per heavy atom. The Hall–Kier alpha value is -2.37. The first-order valence-corrected chi connectivity index (χ1v) is 9.70. The van der Waals surface area contributed by atoms with Crippen molar-refractivity contribution in [2.75, 3.05) is 20.1 Å². The van der Waals surface area contributed by atoms with E-state index in [9.17, 15) is 0 Å². The number of benzene rings is 1. The third kappa shape index (κ3) is 3.45. The van der Waals surface area contributed by atoms with Crippen molar-refractivity contribution in [3.8, 4) is 5.69 Å². The zero-order valence-corrected chi connectivity index (χ0v) is 15.6. The van der Waals surface area contributed by atoms with E-state index in [1.54, 1.807) is 6.33 Å². The Morgan fingerprint density at radius 2 is 1.96 bits per heavy atom. The molecule has 2 heterocycles. The molecule has 1 saturated carbocycles. The van der Waals surface area contributed by atoms with Gasteiger partial charge in [0.25, 0.3) is 0 Å². The molecule has 1 aliphatic heterocycles. The van der Waals surface area contributed by atoms with E-state index in [1.165, 1.54) is 38.5 Å². The summed E-state index contributed by atoms with van der Waals surface area (Å²) in [6, 6.07) is 10.2. The van der Waals surface area contributed by atoms with Crippen LogP contribution in [0.4, 0.5) is 0 Å². The van der Waals surface area contributed by atoms with Crippen LogP contribution in [0.2, 0.25) is 0 Å². The molecule has 0 atom stereocenters. The van der Waals surface area contributed by atoms with Crippen LogP contribution in [0.15, 0.2) is 41.7 Å². The average molecular weight is 352 g/mol. The lowest BCUT2D eigenvalue weighted by Gasteiger charge is -2.33. The quantitative estimate of drug-likeness (QED) is 0.681. The second-order valence-electron chi connectivity index (χ2n) is 7.59. The van der Waals surface area contributed by atoms with Gasteiger partial charge in [0.05, 0.1) is 6.54 Å². The highest BCUT2D eigenvalue weighted by molar-refractivity contribution is 5.80. The third-order valence-corrected chi connectivity index (χ3v) is 5.92. The highest BCUT2D eigenvalue weighted by Crippen LogP contribution is 2.43. The molecular formula is C20H28N6. The van der Waals surface area contributed by atoms with Gasteiger partial charge in [0, 0.05) is 25.8 Å². The van der Waals surface area contributed by atoms with Crippen LogP contribution < -0.4 is 5.32 Å². The maximum absolute atomic E-state index is 4.52. The molecule has 1 N–H and O–H groups in total. The lowest BCUT2D eigenvalue weighted by molar-refractivity contribution is 0.203. The molecule has 1 saturated heterocycles. The van der Waals surface area contributed by atoms with Crippen molar-refractivity contribution in [2.45, 2.75) is 45.1 Å². The van der Waals surface area contributed by atoms with Gasteiger partial charge in [0.15, 0.2) is 11.8 Å². The molecule has 138 valence electrons. The van der Waals surface area contributed by atoms with E-state index in [4.69, 9.17) is 0 Å². The standard InChI is InChI=1S/C20H28N6/c1-21-19(25-13-12-20(15-25)10-6-3-7-11-20)22-14-18-24-23-16-26(18)17-8-4-2-5-9-17/h2,4-5,8-9,16H,3,6-7,10-15H2,1H3,(H,21,22). The zero-order chi connectivity index (χ0) is 17.8.